The van der Waals surface area contributed by atoms with E-state index >= 15 is 0 Å². The van der Waals surface area contributed by atoms with E-state index in [0.29, 0.717) is 23.6 Å². The topological polar surface area (TPSA) is 67.2 Å². The molecule has 0 saturated heterocycles. The Bertz CT molecular complexity index is 695. The van der Waals surface area contributed by atoms with E-state index in [-0.39, 0.29) is 17.9 Å². The van der Waals surface area contributed by atoms with E-state index in [9.17, 15) is 4.79 Å². The smallest absolute Gasteiger partial charge is 0.254 e. The molecule has 0 aliphatic carbocycles. The van der Waals surface area contributed by atoms with Gasteiger partial charge < -0.3 is 10.4 Å². The standard InChI is InChI=1S/C17H22ClN3O2/c1-12-13(16(23)19-11-17(2,3)8-9-22)10-20-21(12)15-7-5-4-6-14(15)18/h4-7,10,22H,8-9,11H2,1-3H3,(H,19,23). The van der Waals surface area contributed by atoms with Crippen LogP contribution in [0.2, 0.25) is 5.02 Å². The Morgan fingerprint density at radius 2 is 2.09 bits per heavy atom. The van der Waals surface area contributed by atoms with Gasteiger partial charge in [-0.1, -0.05) is 37.6 Å². The number of aromatic nitrogens is 2. The van der Waals surface area contributed by atoms with Gasteiger partial charge in [0.2, 0.25) is 0 Å². The maximum atomic E-state index is 12.4. The molecule has 2 N–H and O–H groups in total. The van der Waals surface area contributed by atoms with Crippen LogP contribution in [0.3, 0.4) is 0 Å². The van der Waals surface area contributed by atoms with E-state index in [1.54, 1.807) is 16.9 Å². The first-order valence-electron chi connectivity index (χ1n) is 7.54. The molecule has 0 aliphatic heterocycles. The van der Waals surface area contributed by atoms with Gasteiger partial charge in [0, 0.05) is 13.2 Å². The van der Waals surface area contributed by atoms with Crippen molar-refractivity contribution in [2.45, 2.75) is 27.2 Å². The van der Waals surface area contributed by atoms with Crippen molar-refractivity contribution in [3.8, 4) is 5.69 Å². The zero-order valence-electron chi connectivity index (χ0n) is 13.6. The summed E-state index contributed by atoms with van der Waals surface area (Å²) in [6, 6.07) is 7.37. The second-order valence-corrected chi connectivity index (χ2v) is 6.73. The number of carbonyl (C=O) groups excluding carboxylic acids is 1. The molecule has 1 aromatic carbocycles. The number of benzene rings is 1. The number of rotatable bonds is 6. The molecule has 2 aromatic rings. The van der Waals surface area contributed by atoms with E-state index in [4.69, 9.17) is 16.7 Å². The summed E-state index contributed by atoms with van der Waals surface area (Å²) >= 11 is 6.19. The van der Waals surface area contributed by atoms with Crippen molar-refractivity contribution >= 4 is 17.5 Å². The fraction of sp³-hybridized carbons (Fsp3) is 0.412. The van der Waals surface area contributed by atoms with E-state index in [1.807, 2.05) is 39.0 Å². The van der Waals surface area contributed by atoms with Crippen LogP contribution in [0.5, 0.6) is 0 Å². The molecule has 0 unspecified atom stereocenters. The Balaban J connectivity index is 2.16. The molecule has 0 fully saturated rings. The predicted octanol–water partition coefficient (Wildman–Crippen LogP) is 2.97. The number of aliphatic hydroxyl groups excluding tert-OH is 1. The summed E-state index contributed by atoms with van der Waals surface area (Å²) in [6.45, 7) is 6.44. The van der Waals surface area contributed by atoms with Gasteiger partial charge in [0.1, 0.15) is 0 Å². The van der Waals surface area contributed by atoms with Crippen LogP contribution < -0.4 is 5.32 Å². The SMILES string of the molecule is Cc1c(C(=O)NCC(C)(C)CCO)cnn1-c1ccccc1Cl. The van der Waals surface area contributed by atoms with Gasteiger partial charge in [-0.15, -0.1) is 0 Å². The average molecular weight is 336 g/mol. The minimum Gasteiger partial charge on any atom is -0.396 e. The third kappa shape index (κ3) is 4.12. The molecule has 5 nitrogen and oxygen atoms in total. The number of nitrogens with zero attached hydrogens (tertiary/aromatic N) is 2. The molecule has 0 bridgehead atoms. The molecule has 0 radical (unpaired) electrons. The second-order valence-electron chi connectivity index (χ2n) is 6.33. The van der Waals surface area contributed by atoms with Crippen LogP contribution in [-0.4, -0.2) is 33.9 Å². The Labute approximate surface area is 141 Å². The lowest BCUT2D eigenvalue weighted by Crippen LogP contribution is -2.34. The Hall–Kier alpha value is -1.85. The maximum Gasteiger partial charge on any atom is 0.254 e. The molecule has 1 aromatic heterocycles. The molecule has 1 heterocycles. The van der Waals surface area contributed by atoms with Gasteiger partial charge in [-0.2, -0.15) is 5.10 Å². The highest BCUT2D eigenvalue weighted by molar-refractivity contribution is 6.32. The van der Waals surface area contributed by atoms with Gasteiger partial charge in [0.05, 0.1) is 28.2 Å². The summed E-state index contributed by atoms with van der Waals surface area (Å²) in [5.74, 6) is -0.174. The quantitative estimate of drug-likeness (QED) is 0.852. The molecule has 0 spiro atoms. The second kappa shape index (κ2) is 7.15. The van der Waals surface area contributed by atoms with Gasteiger partial charge in [0.25, 0.3) is 5.91 Å². The lowest BCUT2D eigenvalue weighted by Gasteiger charge is -2.23. The minimum atomic E-state index is -0.174. The monoisotopic (exact) mass is 335 g/mol. The molecule has 1 amide bonds. The van der Waals surface area contributed by atoms with Crippen molar-refractivity contribution in [2.75, 3.05) is 13.2 Å². The summed E-state index contributed by atoms with van der Waals surface area (Å²) in [4.78, 5) is 12.4. The van der Waals surface area contributed by atoms with E-state index in [2.05, 4.69) is 10.4 Å². The number of carbonyl (C=O) groups is 1. The first kappa shape index (κ1) is 17.5. The van der Waals surface area contributed by atoms with Crippen molar-refractivity contribution in [3.63, 3.8) is 0 Å². The van der Waals surface area contributed by atoms with Gasteiger partial charge in [-0.05, 0) is 30.9 Å². The highest BCUT2D eigenvalue weighted by atomic mass is 35.5. The van der Waals surface area contributed by atoms with E-state index in [0.717, 1.165) is 11.4 Å². The molecule has 6 heteroatoms. The van der Waals surface area contributed by atoms with Crippen LogP contribution in [0, 0.1) is 12.3 Å². The maximum absolute atomic E-state index is 12.4. The zero-order chi connectivity index (χ0) is 17.0. The largest absolute Gasteiger partial charge is 0.396 e. The normalized spacial score (nSPS) is 11.5. The number of hydrogen-bond acceptors (Lipinski definition) is 3. The summed E-state index contributed by atoms with van der Waals surface area (Å²) in [5.41, 5.74) is 1.84. The van der Waals surface area contributed by atoms with Crippen LogP contribution in [-0.2, 0) is 0 Å². The van der Waals surface area contributed by atoms with Crippen molar-refractivity contribution in [1.29, 1.82) is 0 Å². The summed E-state index contributed by atoms with van der Waals surface area (Å²) in [6.07, 6.45) is 2.18. The Morgan fingerprint density at radius 3 is 2.74 bits per heavy atom. The molecule has 0 saturated carbocycles. The molecule has 0 aliphatic rings. The Morgan fingerprint density at radius 1 is 1.39 bits per heavy atom. The first-order chi connectivity index (χ1) is 10.9. The summed E-state index contributed by atoms with van der Waals surface area (Å²) in [7, 11) is 0. The van der Waals surface area contributed by atoms with Crippen LogP contribution in [0.4, 0.5) is 0 Å². The van der Waals surface area contributed by atoms with Crippen LogP contribution in [0.25, 0.3) is 5.69 Å². The minimum absolute atomic E-state index is 0.104. The van der Waals surface area contributed by atoms with Crippen LogP contribution in [0.15, 0.2) is 30.5 Å². The number of aliphatic hydroxyl groups is 1. The third-order valence-corrected chi connectivity index (χ3v) is 4.17. The van der Waals surface area contributed by atoms with Gasteiger partial charge in [-0.25, -0.2) is 4.68 Å². The van der Waals surface area contributed by atoms with Gasteiger partial charge in [-0.3, -0.25) is 4.79 Å². The van der Waals surface area contributed by atoms with Crippen LogP contribution in [0.1, 0.15) is 36.3 Å². The number of halogens is 1. The molecule has 0 atom stereocenters. The zero-order valence-corrected chi connectivity index (χ0v) is 14.4. The Kier molecular flexibility index (Phi) is 5.44. The van der Waals surface area contributed by atoms with Crippen LogP contribution >= 0.6 is 11.6 Å². The molecule has 2 rings (SSSR count). The average Bonchev–Trinajstić information content (AvgIpc) is 2.87. The van der Waals surface area contributed by atoms with Gasteiger partial charge in [0.15, 0.2) is 0 Å². The number of amides is 1. The fourth-order valence-corrected chi connectivity index (χ4v) is 2.52. The molecule has 23 heavy (non-hydrogen) atoms. The third-order valence-electron chi connectivity index (χ3n) is 3.85. The van der Waals surface area contributed by atoms with Crippen molar-refractivity contribution in [3.05, 3.63) is 46.7 Å². The summed E-state index contributed by atoms with van der Waals surface area (Å²) < 4.78 is 1.66. The van der Waals surface area contributed by atoms with Gasteiger partial charge >= 0.3 is 0 Å². The predicted molar refractivity (Wildman–Crippen MR) is 91.1 cm³/mol. The lowest BCUT2D eigenvalue weighted by molar-refractivity contribution is 0.0927. The molecule has 124 valence electrons. The molecular weight excluding hydrogens is 314 g/mol. The lowest BCUT2D eigenvalue weighted by atomic mass is 9.89. The van der Waals surface area contributed by atoms with Crippen molar-refractivity contribution in [2.24, 2.45) is 5.41 Å². The first-order valence-corrected chi connectivity index (χ1v) is 7.92. The number of hydrogen-bond donors (Lipinski definition) is 2. The number of para-hydroxylation sites is 1. The van der Waals surface area contributed by atoms with Crippen molar-refractivity contribution in [1.82, 2.24) is 15.1 Å². The molecular formula is C17H22ClN3O2. The highest BCUT2D eigenvalue weighted by Crippen LogP contribution is 2.22. The highest BCUT2D eigenvalue weighted by Gasteiger charge is 2.21. The number of nitrogens with one attached hydrogen (secondary N) is 1. The van der Waals surface area contributed by atoms with Crippen molar-refractivity contribution < 1.29 is 9.90 Å². The fourth-order valence-electron chi connectivity index (χ4n) is 2.30. The van der Waals surface area contributed by atoms with E-state index in [1.165, 1.54) is 0 Å². The van der Waals surface area contributed by atoms with E-state index < -0.39 is 0 Å². The summed E-state index contributed by atoms with van der Waals surface area (Å²) in [5, 5.41) is 16.8.